The van der Waals surface area contributed by atoms with Gasteiger partial charge in [0.2, 0.25) is 11.8 Å². The van der Waals surface area contributed by atoms with Crippen LogP contribution in [0.25, 0.3) is 0 Å². The summed E-state index contributed by atoms with van der Waals surface area (Å²) < 4.78 is 0. The van der Waals surface area contributed by atoms with Crippen molar-refractivity contribution in [1.82, 2.24) is 10.2 Å². The van der Waals surface area contributed by atoms with E-state index in [0.717, 1.165) is 25.7 Å². The number of barbiturate groups is 1. The zero-order valence-electron chi connectivity index (χ0n) is 12.0. The van der Waals surface area contributed by atoms with Crippen molar-refractivity contribution in [2.24, 2.45) is 5.41 Å². The van der Waals surface area contributed by atoms with E-state index in [1.54, 1.807) is 13.0 Å². The monoisotopic (exact) mass is 278 g/mol. The van der Waals surface area contributed by atoms with Gasteiger partial charge in [0.1, 0.15) is 5.41 Å². The lowest BCUT2D eigenvalue weighted by Crippen LogP contribution is -2.65. The summed E-state index contributed by atoms with van der Waals surface area (Å²) in [6.07, 6.45) is 7.10. The molecule has 2 rings (SSSR count). The van der Waals surface area contributed by atoms with Crippen molar-refractivity contribution < 1.29 is 14.4 Å². The van der Waals surface area contributed by atoms with Crippen molar-refractivity contribution in [3.63, 3.8) is 0 Å². The van der Waals surface area contributed by atoms with Crippen LogP contribution in [-0.2, 0) is 9.59 Å². The van der Waals surface area contributed by atoms with E-state index in [2.05, 4.69) is 11.9 Å². The maximum Gasteiger partial charge on any atom is 0.331 e. The van der Waals surface area contributed by atoms with Crippen LogP contribution in [0.4, 0.5) is 4.79 Å². The Morgan fingerprint density at radius 3 is 2.40 bits per heavy atom. The molecule has 0 aromatic carbocycles. The van der Waals surface area contributed by atoms with Crippen LogP contribution in [0, 0.1) is 5.41 Å². The van der Waals surface area contributed by atoms with E-state index in [9.17, 15) is 14.4 Å². The average Bonchev–Trinajstić information content (AvgIpc) is 2.64. The summed E-state index contributed by atoms with van der Waals surface area (Å²) in [7, 11) is 0. The highest BCUT2D eigenvalue weighted by atomic mass is 16.2. The smallest absolute Gasteiger partial charge is 0.277 e. The zero-order chi connectivity index (χ0) is 14.8. The Hall–Kier alpha value is -1.65. The van der Waals surface area contributed by atoms with Crippen LogP contribution in [0.2, 0.25) is 0 Å². The Morgan fingerprint density at radius 2 is 1.85 bits per heavy atom. The molecular formula is C15H22N2O3. The SMILES string of the molecule is C=CCC(C)N1C(=O)NC(=O)C2(CCCCCC2)C1=O. The predicted molar refractivity (Wildman–Crippen MR) is 74.8 cm³/mol. The summed E-state index contributed by atoms with van der Waals surface area (Å²) in [5, 5.41) is 2.38. The molecule has 1 unspecified atom stereocenters. The number of amides is 4. The molecule has 2 aliphatic rings. The van der Waals surface area contributed by atoms with Crippen molar-refractivity contribution >= 4 is 17.8 Å². The first-order chi connectivity index (χ1) is 9.53. The minimum Gasteiger partial charge on any atom is -0.277 e. The molecule has 1 saturated heterocycles. The molecule has 5 nitrogen and oxygen atoms in total. The lowest BCUT2D eigenvalue weighted by Gasteiger charge is -2.41. The van der Waals surface area contributed by atoms with Crippen LogP contribution < -0.4 is 5.32 Å². The van der Waals surface area contributed by atoms with Crippen molar-refractivity contribution in [2.75, 3.05) is 0 Å². The highest BCUT2D eigenvalue weighted by Crippen LogP contribution is 2.39. The van der Waals surface area contributed by atoms with Crippen molar-refractivity contribution in [2.45, 2.75) is 57.9 Å². The summed E-state index contributed by atoms with van der Waals surface area (Å²) in [5.74, 6) is -0.723. The van der Waals surface area contributed by atoms with Gasteiger partial charge in [-0.15, -0.1) is 6.58 Å². The van der Waals surface area contributed by atoms with Gasteiger partial charge in [0.25, 0.3) is 0 Å². The van der Waals surface area contributed by atoms with Gasteiger partial charge in [-0.3, -0.25) is 19.8 Å². The molecule has 0 aromatic heterocycles. The number of rotatable bonds is 3. The number of carbonyl (C=O) groups is 3. The Balaban J connectivity index is 2.32. The third kappa shape index (κ3) is 2.37. The minimum atomic E-state index is -1.03. The zero-order valence-corrected chi connectivity index (χ0v) is 12.0. The molecule has 4 amide bonds. The first-order valence-corrected chi connectivity index (χ1v) is 7.33. The van der Waals surface area contributed by atoms with Gasteiger partial charge in [0.05, 0.1) is 0 Å². The molecule has 1 aliphatic carbocycles. The number of urea groups is 1. The van der Waals surface area contributed by atoms with E-state index in [1.165, 1.54) is 4.90 Å². The van der Waals surface area contributed by atoms with Crippen LogP contribution in [0.1, 0.15) is 51.9 Å². The summed E-state index contributed by atoms with van der Waals surface area (Å²) >= 11 is 0. The van der Waals surface area contributed by atoms with Gasteiger partial charge in [-0.25, -0.2) is 4.79 Å². The molecule has 1 spiro atoms. The molecule has 0 bridgehead atoms. The summed E-state index contributed by atoms with van der Waals surface area (Å²) in [6.45, 7) is 5.45. The van der Waals surface area contributed by atoms with Crippen LogP contribution in [0.3, 0.4) is 0 Å². The van der Waals surface area contributed by atoms with Crippen molar-refractivity contribution in [3.05, 3.63) is 12.7 Å². The maximum absolute atomic E-state index is 12.8. The predicted octanol–water partition coefficient (Wildman–Crippen LogP) is 2.37. The van der Waals surface area contributed by atoms with Gasteiger partial charge in [-0.2, -0.15) is 0 Å². The van der Waals surface area contributed by atoms with Gasteiger partial charge in [0.15, 0.2) is 0 Å². The fourth-order valence-electron chi connectivity index (χ4n) is 3.22. The quantitative estimate of drug-likeness (QED) is 0.636. The topological polar surface area (TPSA) is 66.5 Å². The van der Waals surface area contributed by atoms with Crippen LogP contribution >= 0.6 is 0 Å². The summed E-state index contributed by atoms with van der Waals surface area (Å²) in [5.41, 5.74) is -1.03. The van der Waals surface area contributed by atoms with Gasteiger partial charge in [0, 0.05) is 6.04 Å². The number of hydrogen-bond donors (Lipinski definition) is 1. The van der Waals surface area contributed by atoms with Crippen LogP contribution in [-0.4, -0.2) is 28.8 Å². The molecule has 5 heteroatoms. The lowest BCUT2D eigenvalue weighted by atomic mass is 9.76. The standard InChI is InChI=1S/C15H22N2O3/c1-3-8-11(2)17-13(19)15(12(18)16-14(17)20)9-6-4-5-7-10-15/h3,11H,1,4-10H2,2H3,(H,16,18,20). The molecule has 1 atom stereocenters. The Kier molecular flexibility index (Phi) is 4.26. The number of imide groups is 2. The van der Waals surface area contributed by atoms with Gasteiger partial charge in [-0.05, 0) is 26.2 Å². The second-order valence-corrected chi connectivity index (χ2v) is 5.80. The number of nitrogens with one attached hydrogen (secondary N) is 1. The molecular weight excluding hydrogens is 256 g/mol. The normalized spacial score (nSPS) is 24.2. The third-order valence-electron chi connectivity index (χ3n) is 4.41. The molecule has 1 aliphatic heterocycles. The first kappa shape index (κ1) is 14.8. The highest BCUT2D eigenvalue weighted by Gasteiger charge is 2.54. The Labute approximate surface area is 119 Å². The number of hydrogen-bond acceptors (Lipinski definition) is 3. The first-order valence-electron chi connectivity index (χ1n) is 7.33. The van der Waals surface area contributed by atoms with Crippen molar-refractivity contribution in [3.8, 4) is 0 Å². The Bertz CT molecular complexity index is 436. The fourth-order valence-corrected chi connectivity index (χ4v) is 3.22. The van der Waals surface area contributed by atoms with Crippen molar-refractivity contribution in [1.29, 1.82) is 0 Å². The maximum atomic E-state index is 12.8. The lowest BCUT2D eigenvalue weighted by molar-refractivity contribution is -0.153. The molecule has 110 valence electrons. The molecule has 0 radical (unpaired) electrons. The molecule has 2 fully saturated rings. The minimum absolute atomic E-state index is 0.270. The summed E-state index contributed by atoms with van der Waals surface area (Å²) in [6, 6.07) is -0.863. The fraction of sp³-hybridized carbons (Fsp3) is 0.667. The molecule has 1 saturated carbocycles. The Morgan fingerprint density at radius 1 is 1.25 bits per heavy atom. The number of nitrogens with zero attached hydrogens (tertiary/aromatic N) is 1. The van der Waals surface area contributed by atoms with E-state index in [-0.39, 0.29) is 11.9 Å². The van der Waals surface area contributed by atoms with Crippen LogP contribution in [0.15, 0.2) is 12.7 Å². The van der Waals surface area contributed by atoms with E-state index in [0.29, 0.717) is 19.3 Å². The van der Waals surface area contributed by atoms with E-state index < -0.39 is 17.4 Å². The second kappa shape index (κ2) is 5.77. The second-order valence-electron chi connectivity index (χ2n) is 5.80. The molecule has 1 N–H and O–H groups in total. The average molecular weight is 278 g/mol. The molecule has 1 heterocycles. The van der Waals surface area contributed by atoms with E-state index in [1.807, 2.05) is 0 Å². The molecule has 20 heavy (non-hydrogen) atoms. The highest BCUT2D eigenvalue weighted by molar-refractivity contribution is 6.19. The van der Waals surface area contributed by atoms with E-state index >= 15 is 0 Å². The van der Waals surface area contributed by atoms with Gasteiger partial charge >= 0.3 is 6.03 Å². The van der Waals surface area contributed by atoms with Gasteiger partial charge in [-0.1, -0.05) is 31.8 Å². The van der Waals surface area contributed by atoms with Crippen LogP contribution in [0.5, 0.6) is 0 Å². The van der Waals surface area contributed by atoms with E-state index in [4.69, 9.17) is 0 Å². The third-order valence-corrected chi connectivity index (χ3v) is 4.41. The van der Waals surface area contributed by atoms with Gasteiger partial charge < -0.3 is 0 Å². The summed E-state index contributed by atoms with van der Waals surface area (Å²) in [4.78, 5) is 38.3. The number of carbonyl (C=O) groups excluding carboxylic acids is 3. The largest absolute Gasteiger partial charge is 0.331 e. The molecule has 0 aromatic rings.